The van der Waals surface area contributed by atoms with E-state index >= 15 is 0 Å². The normalized spacial score (nSPS) is 40.6. The molecule has 108 valence electrons. The number of rotatable bonds is 1. The summed E-state index contributed by atoms with van der Waals surface area (Å²) in [7, 11) is 0. The average molecular weight is 269 g/mol. The van der Waals surface area contributed by atoms with E-state index in [1.165, 1.54) is 0 Å². The molecule has 5 heteroatoms. The molecular formula is C14H23NO4. The molecule has 0 aromatic rings. The minimum atomic E-state index is -0.447. The Hall–Kier alpha value is -0.810. The summed E-state index contributed by atoms with van der Waals surface area (Å²) >= 11 is 0. The topological polar surface area (TPSA) is 59.0 Å². The van der Waals surface area contributed by atoms with Gasteiger partial charge in [0, 0.05) is 37.5 Å². The van der Waals surface area contributed by atoms with Gasteiger partial charge in [-0.05, 0) is 27.2 Å². The van der Waals surface area contributed by atoms with Crippen molar-refractivity contribution in [3.63, 3.8) is 0 Å². The molecule has 3 aliphatic heterocycles. The Morgan fingerprint density at radius 2 is 2.05 bits per heavy atom. The zero-order valence-electron chi connectivity index (χ0n) is 11.8. The van der Waals surface area contributed by atoms with Crippen molar-refractivity contribution in [3.05, 3.63) is 0 Å². The van der Waals surface area contributed by atoms with Gasteiger partial charge in [0.2, 0.25) is 0 Å². The van der Waals surface area contributed by atoms with Crippen molar-refractivity contribution in [3.8, 4) is 0 Å². The number of amides is 1. The fourth-order valence-electron chi connectivity index (χ4n) is 3.78. The highest BCUT2D eigenvalue weighted by atomic mass is 16.6. The van der Waals surface area contributed by atoms with Crippen molar-refractivity contribution in [1.29, 1.82) is 0 Å². The first-order valence-electron chi connectivity index (χ1n) is 7.13. The number of aliphatic hydroxyl groups excluding tert-OH is 1. The monoisotopic (exact) mass is 269 g/mol. The van der Waals surface area contributed by atoms with Gasteiger partial charge in [-0.3, -0.25) is 0 Å². The number of ether oxygens (including phenoxy) is 2. The standard InChI is InChI=1S/C14H23NO4/c1-14(2,3)19-13(17)15-5-9-10(6-15)12-8(7-16)4-11(9)18-12/h8-12,16H,4-7H2,1-3H3. The van der Waals surface area contributed by atoms with E-state index in [1.54, 1.807) is 0 Å². The lowest BCUT2D eigenvalue weighted by molar-refractivity contribution is 0.0175. The third-order valence-corrected chi connectivity index (χ3v) is 4.53. The maximum absolute atomic E-state index is 12.1. The molecule has 0 saturated carbocycles. The lowest BCUT2D eigenvalue weighted by Crippen LogP contribution is -2.37. The van der Waals surface area contributed by atoms with E-state index in [-0.39, 0.29) is 30.8 Å². The number of nitrogens with zero attached hydrogens (tertiary/aromatic N) is 1. The number of hydrogen-bond acceptors (Lipinski definition) is 4. The van der Waals surface area contributed by atoms with E-state index in [9.17, 15) is 9.90 Å². The summed E-state index contributed by atoms with van der Waals surface area (Å²) < 4.78 is 11.4. The number of hydrogen-bond donors (Lipinski definition) is 1. The van der Waals surface area contributed by atoms with E-state index in [2.05, 4.69) is 0 Å². The van der Waals surface area contributed by atoms with Gasteiger partial charge in [0.1, 0.15) is 5.60 Å². The molecule has 5 atom stereocenters. The Kier molecular flexibility index (Phi) is 3.02. The number of carbonyl (C=O) groups is 1. The predicted molar refractivity (Wildman–Crippen MR) is 68.6 cm³/mol. The van der Waals surface area contributed by atoms with Gasteiger partial charge in [-0.25, -0.2) is 4.79 Å². The van der Waals surface area contributed by atoms with Gasteiger partial charge in [-0.1, -0.05) is 0 Å². The molecule has 0 aromatic heterocycles. The summed E-state index contributed by atoms with van der Waals surface area (Å²) in [5.41, 5.74) is -0.447. The summed E-state index contributed by atoms with van der Waals surface area (Å²) in [5.74, 6) is 1.06. The number of aliphatic hydroxyl groups is 1. The smallest absolute Gasteiger partial charge is 0.410 e. The first kappa shape index (κ1) is 13.2. The summed E-state index contributed by atoms with van der Waals surface area (Å²) in [6, 6.07) is 0. The van der Waals surface area contributed by atoms with E-state index in [4.69, 9.17) is 9.47 Å². The SMILES string of the molecule is CC(C)(C)OC(=O)N1CC2C3CC(CO)C(O3)C2C1. The van der Waals surface area contributed by atoms with Crippen molar-refractivity contribution in [2.75, 3.05) is 19.7 Å². The molecule has 19 heavy (non-hydrogen) atoms. The van der Waals surface area contributed by atoms with Crippen LogP contribution in [0.5, 0.6) is 0 Å². The van der Waals surface area contributed by atoms with Crippen LogP contribution in [-0.2, 0) is 9.47 Å². The van der Waals surface area contributed by atoms with E-state index in [0.717, 1.165) is 13.0 Å². The van der Waals surface area contributed by atoms with Gasteiger partial charge in [0.05, 0.1) is 12.2 Å². The number of fused-ring (bicyclic) bond motifs is 5. The first-order valence-corrected chi connectivity index (χ1v) is 7.13. The van der Waals surface area contributed by atoms with Gasteiger partial charge in [-0.2, -0.15) is 0 Å². The second-order valence-corrected chi connectivity index (χ2v) is 7.03. The molecule has 3 saturated heterocycles. The first-order chi connectivity index (χ1) is 8.89. The zero-order valence-corrected chi connectivity index (χ0v) is 11.8. The largest absolute Gasteiger partial charge is 0.444 e. The molecule has 0 aromatic carbocycles. The summed E-state index contributed by atoms with van der Waals surface area (Å²) in [4.78, 5) is 13.9. The van der Waals surface area contributed by atoms with Gasteiger partial charge in [0.15, 0.2) is 0 Å². The van der Waals surface area contributed by atoms with Crippen LogP contribution in [0.2, 0.25) is 0 Å². The maximum Gasteiger partial charge on any atom is 0.410 e. The average Bonchev–Trinajstić information content (AvgIpc) is 2.96. The zero-order chi connectivity index (χ0) is 13.8. The Balaban J connectivity index is 1.64. The van der Waals surface area contributed by atoms with Crippen LogP contribution in [0, 0.1) is 17.8 Å². The molecule has 1 N–H and O–H groups in total. The second-order valence-electron chi connectivity index (χ2n) is 7.03. The van der Waals surface area contributed by atoms with Crippen molar-refractivity contribution in [2.45, 2.75) is 45.0 Å². The van der Waals surface area contributed by atoms with E-state index < -0.39 is 5.60 Å². The molecule has 0 radical (unpaired) electrons. The Morgan fingerprint density at radius 3 is 2.68 bits per heavy atom. The Morgan fingerprint density at radius 1 is 1.37 bits per heavy atom. The lowest BCUT2D eigenvalue weighted by Gasteiger charge is -2.26. The van der Waals surface area contributed by atoms with E-state index in [1.807, 2.05) is 25.7 Å². The highest BCUT2D eigenvalue weighted by Gasteiger charge is 2.57. The van der Waals surface area contributed by atoms with Gasteiger partial charge in [0.25, 0.3) is 0 Å². The third-order valence-electron chi connectivity index (χ3n) is 4.53. The molecule has 0 aliphatic carbocycles. The summed E-state index contributed by atoms with van der Waals surface area (Å²) in [6.45, 7) is 7.29. The van der Waals surface area contributed by atoms with Crippen LogP contribution in [0.1, 0.15) is 27.2 Å². The number of likely N-dealkylation sites (tertiary alicyclic amines) is 1. The van der Waals surface area contributed by atoms with Crippen molar-refractivity contribution in [1.82, 2.24) is 4.90 Å². The molecular weight excluding hydrogens is 246 g/mol. The molecule has 1 amide bonds. The minimum Gasteiger partial charge on any atom is -0.444 e. The van der Waals surface area contributed by atoms with Crippen LogP contribution >= 0.6 is 0 Å². The van der Waals surface area contributed by atoms with Crippen LogP contribution in [0.3, 0.4) is 0 Å². The molecule has 3 fully saturated rings. The van der Waals surface area contributed by atoms with Gasteiger partial charge in [-0.15, -0.1) is 0 Å². The third kappa shape index (κ3) is 2.23. The van der Waals surface area contributed by atoms with Crippen molar-refractivity contribution >= 4 is 6.09 Å². The van der Waals surface area contributed by atoms with Crippen molar-refractivity contribution < 1.29 is 19.4 Å². The molecule has 2 bridgehead atoms. The van der Waals surface area contributed by atoms with Crippen LogP contribution in [0.25, 0.3) is 0 Å². The highest BCUT2D eigenvalue weighted by molar-refractivity contribution is 5.68. The number of carbonyl (C=O) groups excluding carboxylic acids is 1. The van der Waals surface area contributed by atoms with Crippen LogP contribution in [0.15, 0.2) is 0 Å². The fraction of sp³-hybridized carbons (Fsp3) is 0.929. The van der Waals surface area contributed by atoms with E-state index in [0.29, 0.717) is 18.4 Å². The minimum absolute atomic E-state index is 0.132. The molecule has 5 nitrogen and oxygen atoms in total. The molecule has 3 heterocycles. The highest BCUT2D eigenvalue weighted by Crippen LogP contribution is 2.49. The quantitative estimate of drug-likeness (QED) is 0.778. The second kappa shape index (κ2) is 4.35. The Labute approximate surface area is 113 Å². The summed E-state index contributed by atoms with van der Waals surface area (Å²) in [6.07, 6.45) is 1.07. The Bertz CT molecular complexity index is 376. The maximum atomic E-state index is 12.1. The van der Waals surface area contributed by atoms with Gasteiger partial charge >= 0.3 is 6.09 Å². The summed E-state index contributed by atoms with van der Waals surface area (Å²) in [5, 5.41) is 9.35. The van der Waals surface area contributed by atoms with Crippen LogP contribution < -0.4 is 0 Å². The molecule has 3 aliphatic rings. The lowest BCUT2D eigenvalue weighted by atomic mass is 9.76. The van der Waals surface area contributed by atoms with Crippen LogP contribution in [0.4, 0.5) is 4.79 Å². The molecule has 3 rings (SSSR count). The fourth-order valence-corrected chi connectivity index (χ4v) is 3.78. The van der Waals surface area contributed by atoms with Gasteiger partial charge < -0.3 is 19.5 Å². The predicted octanol–water partition coefficient (Wildman–Crippen LogP) is 1.25. The van der Waals surface area contributed by atoms with Crippen molar-refractivity contribution in [2.24, 2.45) is 17.8 Å². The van der Waals surface area contributed by atoms with Crippen LogP contribution in [-0.4, -0.2) is 53.6 Å². The molecule has 5 unspecified atom stereocenters. The molecule has 0 spiro atoms.